The van der Waals surface area contributed by atoms with Gasteiger partial charge in [-0.3, -0.25) is 0 Å². The highest BCUT2D eigenvalue weighted by Crippen LogP contribution is 2.17. The number of carbonyl (C=O) groups is 1. The van der Waals surface area contributed by atoms with E-state index in [0.717, 1.165) is 0 Å². The SMILES string of the molecule is CCN(CC(C)C#N)C(=O)Nc1cccc(OC)c1. The van der Waals surface area contributed by atoms with Crippen molar-refractivity contribution in [1.29, 1.82) is 5.26 Å². The Bertz CT molecular complexity index is 468. The number of hydrogen-bond donors (Lipinski definition) is 1. The second-order valence-corrected chi connectivity index (χ2v) is 4.23. The highest BCUT2D eigenvalue weighted by atomic mass is 16.5. The molecule has 0 aliphatic heterocycles. The number of nitrogens with one attached hydrogen (secondary N) is 1. The van der Waals surface area contributed by atoms with Gasteiger partial charge in [-0.1, -0.05) is 6.07 Å². The van der Waals surface area contributed by atoms with Crippen molar-refractivity contribution in [2.75, 3.05) is 25.5 Å². The van der Waals surface area contributed by atoms with E-state index in [1.807, 2.05) is 19.1 Å². The molecule has 5 heteroatoms. The van der Waals surface area contributed by atoms with Gasteiger partial charge in [-0.15, -0.1) is 0 Å². The van der Waals surface area contributed by atoms with Gasteiger partial charge < -0.3 is 15.0 Å². The fourth-order valence-electron chi connectivity index (χ4n) is 1.63. The summed E-state index contributed by atoms with van der Waals surface area (Å²) in [5.41, 5.74) is 0.674. The highest BCUT2D eigenvalue weighted by Gasteiger charge is 2.14. The molecule has 0 radical (unpaired) electrons. The first-order valence-electron chi connectivity index (χ1n) is 6.20. The predicted octanol–water partition coefficient (Wildman–Crippen LogP) is 2.71. The minimum Gasteiger partial charge on any atom is -0.497 e. The first-order chi connectivity index (χ1) is 9.10. The Morgan fingerprint density at radius 3 is 2.89 bits per heavy atom. The third kappa shape index (κ3) is 4.51. The number of ether oxygens (including phenoxy) is 1. The molecule has 1 aromatic carbocycles. The Labute approximate surface area is 113 Å². The molecule has 1 unspecified atom stereocenters. The summed E-state index contributed by atoms with van der Waals surface area (Å²) < 4.78 is 5.10. The number of carbonyl (C=O) groups excluding carboxylic acids is 1. The molecule has 2 amide bonds. The van der Waals surface area contributed by atoms with E-state index in [1.54, 1.807) is 31.1 Å². The normalized spacial score (nSPS) is 11.3. The average Bonchev–Trinajstić information content (AvgIpc) is 2.44. The largest absolute Gasteiger partial charge is 0.497 e. The number of hydrogen-bond acceptors (Lipinski definition) is 3. The summed E-state index contributed by atoms with van der Waals surface area (Å²) in [4.78, 5) is 13.7. The third-order valence-electron chi connectivity index (χ3n) is 2.70. The Morgan fingerprint density at radius 2 is 2.32 bits per heavy atom. The predicted molar refractivity (Wildman–Crippen MR) is 74.0 cm³/mol. The number of benzene rings is 1. The molecule has 1 atom stereocenters. The van der Waals surface area contributed by atoms with Crippen molar-refractivity contribution in [3.8, 4) is 11.8 Å². The van der Waals surface area contributed by atoms with Crippen LogP contribution in [0.2, 0.25) is 0 Å². The number of rotatable bonds is 5. The van der Waals surface area contributed by atoms with E-state index in [-0.39, 0.29) is 11.9 Å². The molecule has 0 fully saturated rings. The molecule has 0 saturated heterocycles. The molecule has 1 N–H and O–H groups in total. The van der Waals surface area contributed by atoms with Gasteiger partial charge in [0.1, 0.15) is 5.75 Å². The number of urea groups is 1. The standard InChI is InChI=1S/C14H19N3O2/c1-4-17(10-11(2)9-15)14(18)16-12-6-5-7-13(8-12)19-3/h5-8,11H,4,10H2,1-3H3,(H,16,18). The minimum absolute atomic E-state index is 0.184. The van der Waals surface area contributed by atoms with Gasteiger partial charge in [-0.25, -0.2) is 4.79 Å². The van der Waals surface area contributed by atoms with Crippen molar-refractivity contribution >= 4 is 11.7 Å². The summed E-state index contributed by atoms with van der Waals surface area (Å²) in [6.07, 6.45) is 0. The summed E-state index contributed by atoms with van der Waals surface area (Å²) in [5, 5.41) is 11.6. The van der Waals surface area contributed by atoms with Crippen molar-refractivity contribution in [2.45, 2.75) is 13.8 Å². The van der Waals surface area contributed by atoms with Crippen LogP contribution in [-0.2, 0) is 0 Å². The molecule has 1 aromatic rings. The quantitative estimate of drug-likeness (QED) is 0.886. The summed E-state index contributed by atoms with van der Waals surface area (Å²) in [6.45, 7) is 4.65. The number of nitriles is 1. The van der Waals surface area contributed by atoms with E-state index in [1.165, 1.54) is 0 Å². The lowest BCUT2D eigenvalue weighted by Crippen LogP contribution is -2.37. The van der Waals surface area contributed by atoms with Crippen LogP contribution in [0.3, 0.4) is 0 Å². The third-order valence-corrected chi connectivity index (χ3v) is 2.70. The molecule has 0 bridgehead atoms. The smallest absolute Gasteiger partial charge is 0.321 e. The van der Waals surface area contributed by atoms with Crippen molar-refractivity contribution in [1.82, 2.24) is 4.90 Å². The topological polar surface area (TPSA) is 65.4 Å². The van der Waals surface area contributed by atoms with E-state index < -0.39 is 0 Å². The summed E-state index contributed by atoms with van der Waals surface area (Å²) in [6, 6.07) is 9.08. The zero-order valence-electron chi connectivity index (χ0n) is 11.5. The van der Waals surface area contributed by atoms with Gasteiger partial charge >= 0.3 is 6.03 Å². The molecule has 0 spiro atoms. The number of methoxy groups -OCH3 is 1. The molecule has 0 aromatic heterocycles. The first kappa shape index (κ1) is 14.8. The van der Waals surface area contributed by atoms with Crippen LogP contribution in [0.1, 0.15) is 13.8 Å². The maximum absolute atomic E-state index is 12.1. The van der Waals surface area contributed by atoms with Crippen LogP contribution in [0.4, 0.5) is 10.5 Å². The maximum Gasteiger partial charge on any atom is 0.321 e. The van der Waals surface area contributed by atoms with E-state index in [0.29, 0.717) is 24.5 Å². The molecule has 1 rings (SSSR count). The highest BCUT2D eigenvalue weighted by molar-refractivity contribution is 5.89. The van der Waals surface area contributed by atoms with Crippen molar-refractivity contribution in [3.63, 3.8) is 0 Å². The zero-order valence-corrected chi connectivity index (χ0v) is 11.5. The van der Waals surface area contributed by atoms with Gasteiger partial charge in [-0.05, 0) is 26.0 Å². The summed E-state index contributed by atoms with van der Waals surface area (Å²) in [7, 11) is 1.58. The second-order valence-electron chi connectivity index (χ2n) is 4.23. The molecule has 102 valence electrons. The molecular formula is C14H19N3O2. The monoisotopic (exact) mass is 261 g/mol. The summed E-state index contributed by atoms with van der Waals surface area (Å²) in [5.74, 6) is 0.502. The van der Waals surface area contributed by atoms with Crippen LogP contribution in [0.15, 0.2) is 24.3 Å². The van der Waals surface area contributed by atoms with Gasteiger partial charge in [0, 0.05) is 24.8 Å². The lowest BCUT2D eigenvalue weighted by atomic mass is 10.2. The molecule has 0 saturated carbocycles. The number of amides is 2. The second kappa shape index (κ2) is 7.27. The van der Waals surface area contributed by atoms with Gasteiger partial charge in [0.2, 0.25) is 0 Å². The van der Waals surface area contributed by atoms with E-state index in [2.05, 4.69) is 11.4 Å². The fraction of sp³-hybridized carbons (Fsp3) is 0.429. The number of nitrogens with zero attached hydrogens (tertiary/aromatic N) is 2. The average molecular weight is 261 g/mol. The zero-order chi connectivity index (χ0) is 14.3. The van der Waals surface area contributed by atoms with Gasteiger partial charge in [0.05, 0.1) is 19.1 Å². The molecule has 19 heavy (non-hydrogen) atoms. The van der Waals surface area contributed by atoms with Crippen LogP contribution in [-0.4, -0.2) is 31.1 Å². The molecule has 5 nitrogen and oxygen atoms in total. The molecule has 0 aliphatic rings. The minimum atomic E-state index is -0.210. The molecular weight excluding hydrogens is 242 g/mol. The lowest BCUT2D eigenvalue weighted by Gasteiger charge is -2.22. The van der Waals surface area contributed by atoms with Crippen molar-refractivity contribution < 1.29 is 9.53 Å². The van der Waals surface area contributed by atoms with E-state index in [4.69, 9.17) is 10.00 Å². The Morgan fingerprint density at radius 1 is 1.58 bits per heavy atom. The van der Waals surface area contributed by atoms with E-state index >= 15 is 0 Å². The van der Waals surface area contributed by atoms with Gasteiger partial charge in [0.25, 0.3) is 0 Å². The number of anilines is 1. The van der Waals surface area contributed by atoms with Crippen molar-refractivity contribution in [3.05, 3.63) is 24.3 Å². The van der Waals surface area contributed by atoms with Crippen LogP contribution in [0.25, 0.3) is 0 Å². The van der Waals surface area contributed by atoms with Crippen LogP contribution >= 0.6 is 0 Å². The Kier molecular flexibility index (Phi) is 5.68. The lowest BCUT2D eigenvalue weighted by molar-refractivity contribution is 0.210. The Balaban J connectivity index is 2.68. The maximum atomic E-state index is 12.1. The van der Waals surface area contributed by atoms with Gasteiger partial charge in [0.15, 0.2) is 0 Å². The van der Waals surface area contributed by atoms with Crippen molar-refractivity contribution in [2.24, 2.45) is 5.92 Å². The Hall–Kier alpha value is -2.22. The van der Waals surface area contributed by atoms with Crippen LogP contribution < -0.4 is 10.1 Å². The summed E-state index contributed by atoms with van der Waals surface area (Å²) >= 11 is 0. The van der Waals surface area contributed by atoms with Gasteiger partial charge in [-0.2, -0.15) is 5.26 Å². The molecule has 0 aliphatic carbocycles. The van der Waals surface area contributed by atoms with Crippen LogP contribution in [0.5, 0.6) is 5.75 Å². The van der Waals surface area contributed by atoms with Crippen LogP contribution in [0, 0.1) is 17.2 Å². The van der Waals surface area contributed by atoms with E-state index in [9.17, 15) is 4.79 Å². The first-order valence-corrected chi connectivity index (χ1v) is 6.20. The fourth-order valence-corrected chi connectivity index (χ4v) is 1.63. The molecule has 0 heterocycles.